The molecule has 1 heterocycles. The number of benzene rings is 3. The van der Waals surface area contributed by atoms with Gasteiger partial charge in [-0.25, -0.2) is 0 Å². The Morgan fingerprint density at radius 3 is 1.95 bits per heavy atom. The highest BCUT2D eigenvalue weighted by molar-refractivity contribution is 7.22. The van der Waals surface area contributed by atoms with Crippen LogP contribution in [0.3, 0.4) is 0 Å². The highest BCUT2D eigenvalue weighted by Crippen LogP contribution is 2.38. The minimum atomic E-state index is 1.28. The normalized spacial score (nSPS) is 10.9. The highest BCUT2D eigenvalue weighted by atomic mass is 32.1. The molecule has 0 N–H and O–H groups in total. The fraction of sp³-hybridized carbons (Fsp3) is 0. The average Bonchev–Trinajstić information content (AvgIpc) is 3.00. The van der Waals surface area contributed by atoms with E-state index in [0.717, 1.165) is 0 Å². The molecule has 0 amide bonds. The van der Waals surface area contributed by atoms with Gasteiger partial charge in [0.2, 0.25) is 0 Å². The van der Waals surface area contributed by atoms with Gasteiger partial charge in [-0.05, 0) is 28.1 Å². The van der Waals surface area contributed by atoms with Gasteiger partial charge in [0.25, 0.3) is 0 Å². The molecular formula is C20H14S. The van der Waals surface area contributed by atoms with Crippen LogP contribution in [-0.2, 0) is 0 Å². The lowest BCUT2D eigenvalue weighted by atomic mass is 10.0. The zero-order chi connectivity index (χ0) is 14.1. The molecular weight excluding hydrogens is 272 g/mol. The van der Waals surface area contributed by atoms with Crippen LogP contribution in [0.25, 0.3) is 31.7 Å². The largest absolute Gasteiger partial charge is 0.135 e. The molecule has 0 fully saturated rings. The van der Waals surface area contributed by atoms with Crippen LogP contribution in [0.15, 0.2) is 84.9 Å². The van der Waals surface area contributed by atoms with E-state index in [9.17, 15) is 0 Å². The summed E-state index contributed by atoms with van der Waals surface area (Å²) in [6.45, 7) is 0. The third-order valence-corrected chi connectivity index (χ3v) is 4.92. The molecule has 4 rings (SSSR count). The maximum Gasteiger partial charge on any atom is 0.0427 e. The van der Waals surface area contributed by atoms with Gasteiger partial charge in [-0.15, -0.1) is 11.3 Å². The lowest BCUT2D eigenvalue weighted by molar-refractivity contribution is 1.67. The predicted octanol–water partition coefficient (Wildman–Crippen LogP) is 6.24. The van der Waals surface area contributed by atoms with Crippen LogP contribution >= 0.6 is 11.3 Å². The molecule has 0 saturated heterocycles. The molecule has 0 aliphatic carbocycles. The van der Waals surface area contributed by atoms with Crippen LogP contribution in [0.2, 0.25) is 0 Å². The zero-order valence-corrected chi connectivity index (χ0v) is 12.3. The van der Waals surface area contributed by atoms with Gasteiger partial charge in [-0.2, -0.15) is 0 Å². The summed E-state index contributed by atoms with van der Waals surface area (Å²) in [7, 11) is 0. The van der Waals surface area contributed by atoms with Crippen molar-refractivity contribution in [2.45, 2.75) is 0 Å². The van der Waals surface area contributed by atoms with E-state index >= 15 is 0 Å². The summed E-state index contributed by atoms with van der Waals surface area (Å²) in [6, 6.07) is 30.1. The van der Waals surface area contributed by atoms with Crippen molar-refractivity contribution in [2.24, 2.45) is 0 Å². The molecule has 0 radical (unpaired) electrons. The first kappa shape index (κ1) is 12.4. The van der Waals surface area contributed by atoms with Gasteiger partial charge in [0.1, 0.15) is 0 Å². The molecule has 1 heteroatoms. The second-order valence-electron chi connectivity index (χ2n) is 5.07. The first-order valence-corrected chi connectivity index (χ1v) is 7.87. The molecule has 0 atom stereocenters. The van der Waals surface area contributed by atoms with E-state index in [0.29, 0.717) is 0 Å². The number of hydrogen-bond donors (Lipinski definition) is 0. The minimum Gasteiger partial charge on any atom is -0.135 e. The topological polar surface area (TPSA) is 0 Å². The molecule has 0 unspecified atom stereocenters. The van der Waals surface area contributed by atoms with Crippen molar-refractivity contribution in [3.8, 4) is 21.6 Å². The lowest BCUT2D eigenvalue weighted by Crippen LogP contribution is -1.76. The van der Waals surface area contributed by atoms with Gasteiger partial charge in [-0.1, -0.05) is 78.9 Å². The second-order valence-corrected chi connectivity index (χ2v) is 6.12. The second kappa shape index (κ2) is 5.19. The quantitative estimate of drug-likeness (QED) is 0.409. The van der Waals surface area contributed by atoms with Gasteiger partial charge in [0, 0.05) is 9.58 Å². The van der Waals surface area contributed by atoms with E-state index in [1.54, 1.807) is 0 Å². The smallest absolute Gasteiger partial charge is 0.0427 e. The van der Waals surface area contributed by atoms with Gasteiger partial charge in [0.05, 0.1) is 0 Å². The third kappa shape index (κ3) is 2.26. The molecule has 3 aromatic carbocycles. The van der Waals surface area contributed by atoms with Crippen molar-refractivity contribution in [3.63, 3.8) is 0 Å². The summed E-state index contributed by atoms with van der Waals surface area (Å²) in [5.74, 6) is 0. The third-order valence-electron chi connectivity index (χ3n) is 3.69. The van der Waals surface area contributed by atoms with E-state index in [1.165, 1.54) is 31.7 Å². The van der Waals surface area contributed by atoms with E-state index in [2.05, 4.69) is 84.9 Å². The first-order valence-electron chi connectivity index (χ1n) is 7.05. The van der Waals surface area contributed by atoms with Crippen molar-refractivity contribution in [3.05, 3.63) is 84.9 Å². The van der Waals surface area contributed by atoms with Crippen molar-refractivity contribution in [2.75, 3.05) is 0 Å². The van der Waals surface area contributed by atoms with E-state index in [1.807, 2.05) is 11.3 Å². The van der Waals surface area contributed by atoms with E-state index < -0.39 is 0 Å². The van der Waals surface area contributed by atoms with Crippen molar-refractivity contribution >= 4 is 21.4 Å². The summed E-state index contributed by atoms with van der Waals surface area (Å²) in [5, 5.41) is 1.32. The maximum atomic E-state index is 2.29. The zero-order valence-electron chi connectivity index (χ0n) is 11.5. The Hall–Kier alpha value is -2.38. The molecule has 0 bridgehead atoms. The van der Waals surface area contributed by atoms with Crippen LogP contribution < -0.4 is 0 Å². The van der Waals surface area contributed by atoms with Crippen LogP contribution in [-0.4, -0.2) is 0 Å². The fourth-order valence-corrected chi connectivity index (χ4v) is 3.85. The summed E-state index contributed by atoms with van der Waals surface area (Å²) in [5.41, 5.74) is 3.89. The SMILES string of the molecule is c1ccc(-c2cc3cccc(-c4ccccc4)c3s2)cc1. The molecule has 4 aromatic rings. The molecule has 1 aromatic heterocycles. The standard InChI is InChI=1S/C20H14S/c1-3-8-15(9-4-1)18-13-7-12-17-14-19(21-20(17)18)16-10-5-2-6-11-16/h1-14H. The molecule has 0 aliphatic rings. The Labute approximate surface area is 128 Å². The Kier molecular flexibility index (Phi) is 3.06. The lowest BCUT2D eigenvalue weighted by Gasteiger charge is -2.02. The number of rotatable bonds is 2. The Morgan fingerprint density at radius 2 is 1.24 bits per heavy atom. The highest BCUT2D eigenvalue weighted by Gasteiger charge is 2.08. The molecule has 0 aliphatic heterocycles. The average molecular weight is 286 g/mol. The first-order chi connectivity index (χ1) is 10.4. The molecule has 21 heavy (non-hydrogen) atoms. The fourth-order valence-electron chi connectivity index (χ4n) is 2.65. The van der Waals surface area contributed by atoms with E-state index in [4.69, 9.17) is 0 Å². The number of fused-ring (bicyclic) bond motifs is 1. The van der Waals surface area contributed by atoms with Crippen molar-refractivity contribution < 1.29 is 0 Å². The van der Waals surface area contributed by atoms with Crippen molar-refractivity contribution in [1.82, 2.24) is 0 Å². The Morgan fingerprint density at radius 1 is 0.571 bits per heavy atom. The minimum absolute atomic E-state index is 1.28. The number of thiophene rings is 1. The monoisotopic (exact) mass is 286 g/mol. The van der Waals surface area contributed by atoms with Gasteiger partial charge < -0.3 is 0 Å². The molecule has 0 saturated carbocycles. The van der Waals surface area contributed by atoms with Crippen molar-refractivity contribution in [1.29, 1.82) is 0 Å². The summed E-state index contributed by atoms with van der Waals surface area (Å²) < 4.78 is 1.36. The molecule has 0 spiro atoms. The predicted molar refractivity (Wildman–Crippen MR) is 92.7 cm³/mol. The Bertz CT molecular complexity index is 874. The molecule has 0 nitrogen and oxygen atoms in total. The van der Waals surface area contributed by atoms with E-state index in [-0.39, 0.29) is 0 Å². The maximum absolute atomic E-state index is 2.29. The number of hydrogen-bond acceptors (Lipinski definition) is 1. The van der Waals surface area contributed by atoms with Gasteiger partial charge in [-0.3, -0.25) is 0 Å². The summed E-state index contributed by atoms with van der Waals surface area (Å²) in [4.78, 5) is 1.33. The van der Waals surface area contributed by atoms with Gasteiger partial charge >= 0.3 is 0 Å². The summed E-state index contributed by atoms with van der Waals surface area (Å²) >= 11 is 1.87. The Balaban J connectivity index is 1.93. The molecule has 100 valence electrons. The van der Waals surface area contributed by atoms with Crippen LogP contribution in [0.1, 0.15) is 0 Å². The van der Waals surface area contributed by atoms with Gasteiger partial charge in [0.15, 0.2) is 0 Å². The van der Waals surface area contributed by atoms with Crippen LogP contribution in [0, 0.1) is 0 Å². The van der Waals surface area contributed by atoms with Crippen LogP contribution in [0.5, 0.6) is 0 Å². The van der Waals surface area contributed by atoms with Crippen LogP contribution in [0.4, 0.5) is 0 Å². The summed E-state index contributed by atoms with van der Waals surface area (Å²) in [6.07, 6.45) is 0.